The second-order valence-electron chi connectivity index (χ2n) is 6.76. The van der Waals surface area contributed by atoms with Crippen LogP contribution < -0.4 is 15.4 Å². The van der Waals surface area contributed by atoms with Gasteiger partial charge in [-0.25, -0.2) is 0 Å². The third-order valence-corrected chi connectivity index (χ3v) is 4.73. The number of rotatable bonds is 7. The van der Waals surface area contributed by atoms with Gasteiger partial charge in [0.1, 0.15) is 17.9 Å². The molecule has 1 saturated heterocycles. The summed E-state index contributed by atoms with van der Waals surface area (Å²) in [6.07, 6.45) is 4.96. The summed E-state index contributed by atoms with van der Waals surface area (Å²) in [6, 6.07) is 17.3. The number of piperidine rings is 1. The number of nitrogens with zero attached hydrogens (tertiary/aromatic N) is 1. The maximum absolute atomic E-state index is 5.88. The van der Waals surface area contributed by atoms with Crippen LogP contribution in [-0.4, -0.2) is 30.7 Å². The van der Waals surface area contributed by atoms with Crippen molar-refractivity contribution in [3.8, 4) is 5.75 Å². The molecule has 0 bridgehead atoms. The molecular formula is C21H25N3O2. The Morgan fingerprint density at radius 1 is 1.15 bits per heavy atom. The molecule has 1 unspecified atom stereocenters. The van der Waals surface area contributed by atoms with Gasteiger partial charge >= 0.3 is 0 Å². The molecule has 1 aliphatic heterocycles. The first-order valence-corrected chi connectivity index (χ1v) is 9.41. The number of para-hydroxylation sites is 2. The number of hydrogen-bond acceptors (Lipinski definition) is 5. The van der Waals surface area contributed by atoms with Gasteiger partial charge in [-0.1, -0.05) is 30.7 Å². The van der Waals surface area contributed by atoms with Gasteiger partial charge in [-0.15, -0.1) is 0 Å². The standard InChI is InChI=1S/C21H25N3O2/c1-2-10-20-19(9-1)24-21(26-20)23-12-13-25-18-8-5-6-16(15-18)14-17-7-3-4-11-22-17/h1-2,5-6,8-10,15,17,22H,3-4,7,11-14H2,(H,23,24). The molecule has 2 N–H and O–H groups in total. The summed E-state index contributed by atoms with van der Waals surface area (Å²) in [5.74, 6) is 0.915. The van der Waals surface area contributed by atoms with E-state index in [1.807, 2.05) is 30.3 Å². The monoisotopic (exact) mass is 351 g/mol. The highest BCUT2D eigenvalue weighted by molar-refractivity contribution is 5.74. The molecule has 1 aliphatic rings. The molecule has 0 amide bonds. The quantitative estimate of drug-likeness (QED) is 0.630. The molecule has 0 radical (unpaired) electrons. The lowest BCUT2D eigenvalue weighted by molar-refractivity contribution is 0.331. The Kier molecular flexibility index (Phi) is 5.36. The smallest absolute Gasteiger partial charge is 0.295 e. The topological polar surface area (TPSA) is 59.3 Å². The fourth-order valence-electron chi connectivity index (χ4n) is 3.42. The molecule has 3 aromatic rings. The summed E-state index contributed by atoms with van der Waals surface area (Å²) in [4.78, 5) is 4.40. The minimum atomic E-state index is 0.534. The van der Waals surface area contributed by atoms with Crippen LogP contribution in [-0.2, 0) is 6.42 Å². The Morgan fingerprint density at radius 2 is 2.12 bits per heavy atom. The lowest BCUT2D eigenvalue weighted by Crippen LogP contribution is -2.35. The average Bonchev–Trinajstić information content (AvgIpc) is 3.09. The number of oxazole rings is 1. The van der Waals surface area contributed by atoms with Crippen LogP contribution in [0.1, 0.15) is 24.8 Å². The summed E-state index contributed by atoms with van der Waals surface area (Å²) in [5.41, 5.74) is 2.98. The van der Waals surface area contributed by atoms with Crippen molar-refractivity contribution in [1.82, 2.24) is 10.3 Å². The number of anilines is 1. The van der Waals surface area contributed by atoms with E-state index in [2.05, 4.69) is 33.8 Å². The highest BCUT2D eigenvalue weighted by Gasteiger charge is 2.13. The van der Waals surface area contributed by atoms with Gasteiger partial charge < -0.3 is 19.8 Å². The van der Waals surface area contributed by atoms with Gasteiger partial charge in [-0.2, -0.15) is 4.98 Å². The fraction of sp³-hybridized carbons (Fsp3) is 0.381. The summed E-state index contributed by atoms with van der Waals surface area (Å²) >= 11 is 0. The third kappa shape index (κ3) is 4.35. The van der Waals surface area contributed by atoms with Crippen molar-refractivity contribution < 1.29 is 9.15 Å². The predicted molar refractivity (Wildman–Crippen MR) is 104 cm³/mol. The number of aromatic nitrogens is 1. The Morgan fingerprint density at radius 3 is 3.00 bits per heavy atom. The van der Waals surface area contributed by atoms with Gasteiger partial charge in [-0.05, 0) is 55.6 Å². The molecule has 2 aromatic carbocycles. The van der Waals surface area contributed by atoms with Crippen molar-refractivity contribution in [2.75, 3.05) is 25.0 Å². The van der Waals surface area contributed by atoms with E-state index in [0.717, 1.165) is 29.8 Å². The van der Waals surface area contributed by atoms with E-state index < -0.39 is 0 Å². The normalized spacial score (nSPS) is 17.3. The summed E-state index contributed by atoms with van der Waals surface area (Å²) in [7, 11) is 0. The van der Waals surface area contributed by atoms with Gasteiger partial charge in [-0.3, -0.25) is 0 Å². The fourth-order valence-corrected chi connectivity index (χ4v) is 3.42. The van der Waals surface area contributed by atoms with E-state index in [4.69, 9.17) is 9.15 Å². The Labute approximate surface area is 153 Å². The second kappa shape index (κ2) is 8.23. The summed E-state index contributed by atoms with van der Waals surface area (Å²) < 4.78 is 11.5. The van der Waals surface area contributed by atoms with Gasteiger partial charge in [0.05, 0.1) is 6.54 Å². The van der Waals surface area contributed by atoms with Crippen molar-refractivity contribution in [3.05, 3.63) is 54.1 Å². The highest BCUT2D eigenvalue weighted by atomic mass is 16.5. The lowest BCUT2D eigenvalue weighted by Gasteiger charge is -2.23. The lowest BCUT2D eigenvalue weighted by atomic mass is 9.98. The average molecular weight is 351 g/mol. The van der Waals surface area contributed by atoms with Crippen LogP contribution in [0.25, 0.3) is 11.1 Å². The molecule has 26 heavy (non-hydrogen) atoms. The maximum Gasteiger partial charge on any atom is 0.295 e. The number of hydrogen-bond donors (Lipinski definition) is 2. The first-order valence-electron chi connectivity index (χ1n) is 9.41. The van der Waals surface area contributed by atoms with E-state index in [9.17, 15) is 0 Å². The van der Waals surface area contributed by atoms with Crippen LogP contribution in [0.3, 0.4) is 0 Å². The summed E-state index contributed by atoms with van der Waals surface area (Å²) in [6.45, 7) is 2.34. The molecule has 0 saturated carbocycles. The van der Waals surface area contributed by atoms with E-state index in [0.29, 0.717) is 25.2 Å². The molecule has 5 heteroatoms. The van der Waals surface area contributed by atoms with Gasteiger partial charge in [0, 0.05) is 6.04 Å². The zero-order valence-corrected chi connectivity index (χ0v) is 14.9. The molecule has 2 heterocycles. The summed E-state index contributed by atoms with van der Waals surface area (Å²) in [5, 5.41) is 6.77. The Bertz CT molecular complexity index is 807. The van der Waals surface area contributed by atoms with Gasteiger partial charge in [0.25, 0.3) is 6.01 Å². The Balaban J connectivity index is 1.25. The minimum absolute atomic E-state index is 0.534. The van der Waals surface area contributed by atoms with Crippen molar-refractivity contribution in [1.29, 1.82) is 0 Å². The van der Waals surface area contributed by atoms with Crippen LogP contribution in [0, 0.1) is 0 Å². The van der Waals surface area contributed by atoms with E-state index >= 15 is 0 Å². The molecule has 136 valence electrons. The SMILES string of the molecule is c1cc(CC2CCCCN2)cc(OCCNc2nc3ccccc3o2)c1. The molecule has 0 aliphatic carbocycles. The van der Waals surface area contributed by atoms with E-state index in [1.54, 1.807) is 0 Å². The highest BCUT2D eigenvalue weighted by Crippen LogP contribution is 2.19. The first kappa shape index (κ1) is 16.9. The van der Waals surface area contributed by atoms with Crippen LogP contribution in [0.15, 0.2) is 52.9 Å². The first-order chi connectivity index (χ1) is 12.9. The Hall–Kier alpha value is -2.53. The minimum Gasteiger partial charge on any atom is -0.492 e. The van der Waals surface area contributed by atoms with Crippen LogP contribution >= 0.6 is 0 Å². The number of nitrogens with one attached hydrogen (secondary N) is 2. The molecule has 1 fully saturated rings. The van der Waals surface area contributed by atoms with Crippen LogP contribution in [0.5, 0.6) is 5.75 Å². The van der Waals surface area contributed by atoms with Crippen molar-refractivity contribution in [2.45, 2.75) is 31.7 Å². The maximum atomic E-state index is 5.88. The number of fused-ring (bicyclic) bond motifs is 1. The molecule has 4 rings (SSSR count). The van der Waals surface area contributed by atoms with Gasteiger partial charge in [0.2, 0.25) is 0 Å². The molecule has 1 atom stereocenters. The van der Waals surface area contributed by atoms with Crippen molar-refractivity contribution >= 4 is 17.1 Å². The molecule has 5 nitrogen and oxygen atoms in total. The number of ether oxygens (including phenoxy) is 1. The number of benzene rings is 2. The molecule has 0 spiro atoms. The second-order valence-corrected chi connectivity index (χ2v) is 6.76. The van der Waals surface area contributed by atoms with Crippen molar-refractivity contribution in [2.24, 2.45) is 0 Å². The largest absolute Gasteiger partial charge is 0.492 e. The van der Waals surface area contributed by atoms with Gasteiger partial charge in [0.15, 0.2) is 5.58 Å². The molecule has 1 aromatic heterocycles. The predicted octanol–water partition coefficient (Wildman–Crippen LogP) is 4.00. The van der Waals surface area contributed by atoms with Crippen LogP contribution in [0.4, 0.5) is 6.01 Å². The molecular weight excluding hydrogens is 326 g/mol. The van der Waals surface area contributed by atoms with Crippen LogP contribution in [0.2, 0.25) is 0 Å². The zero-order chi connectivity index (χ0) is 17.6. The zero-order valence-electron chi connectivity index (χ0n) is 14.9. The van der Waals surface area contributed by atoms with E-state index in [1.165, 1.54) is 24.8 Å². The van der Waals surface area contributed by atoms with Crippen molar-refractivity contribution in [3.63, 3.8) is 0 Å². The third-order valence-electron chi connectivity index (χ3n) is 4.73. The van der Waals surface area contributed by atoms with E-state index in [-0.39, 0.29) is 0 Å².